The maximum atomic E-state index is 11.0. The number of aliphatic carboxylic acids is 1. The summed E-state index contributed by atoms with van der Waals surface area (Å²) in [7, 11) is 0. The summed E-state index contributed by atoms with van der Waals surface area (Å²) in [5, 5.41) is 13.3. The molecule has 0 fully saturated rings. The van der Waals surface area contributed by atoms with Gasteiger partial charge in [-0.15, -0.1) is 0 Å². The number of anilines is 1. The summed E-state index contributed by atoms with van der Waals surface area (Å²) < 4.78 is 5.60. The number of carbonyl (C=O) groups is 1. The van der Waals surface area contributed by atoms with Crippen molar-refractivity contribution in [3.8, 4) is 22.8 Å². The lowest BCUT2D eigenvalue weighted by Crippen LogP contribution is -2.23. The summed E-state index contributed by atoms with van der Waals surface area (Å²) in [5.74, 6) is 1.09. The van der Waals surface area contributed by atoms with Gasteiger partial charge in [0.15, 0.2) is 0 Å². The molecule has 1 aromatic carbocycles. The second-order valence-electron chi connectivity index (χ2n) is 7.63. The third-order valence-electron chi connectivity index (χ3n) is 5.49. The fourth-order valence-corrected chi connectivity index (χ4v) is 3.87. The molecule has 0 aliphatic rings. The molecule has 7 nitrogen and oxygen atoms in total. The van der Waals surface area contributed by atoms with Gasteiger partial charge in [0.2, 0.25) is 5.82 Å². The Balaban J connectivity index is 1.96. The zero-order chi connectivity index (χ0) is 22.5. The van der Waals surface area contributed by atoms with Crippen LogP contribution in [0.2, 0.25) is 0 Å². The number of hydrogen-bond acceptors (Lipinski definition) is 6. The van der Waals surface area contributed by atoms with Crippen LogP contribution in [0.15, 0.2) is 28.8 Å². The largest absolute Gasteiger partial charge is 0.481 e. The molecule has 0 atom stereocenters. The van der Waals surface area contributed by atoms with E-state index in [0.717, 1.165) is 58.8 Å². The molecule has 0 saturated carbocycles. The van der Waals surface area contributed by atoms with Crippen LogP contribution in [0.3, 0.4) is 0 Å². The molecule has 7 heteroatoms. The van der Waals surface area contributed by atoms with Gasteiger partial charge in [-0.2, -0.15) is 4.98 Å². The molecule has 0 spiro atoms. The van der Waals surface area contributed by atoms with Crippen LogP contribution in [-0.2, 0) is 17.6 Å². The smallest absolute Gasteiger partial charge is 0.303 e. The molecular formula is C24H30N4O3. The van der Waals surface area contributed by atoms with Crippen LogP contribution in [0.4, 0.5) is 5.82 Å². The molecular weight excluding hydrogens is 392 g/mol. The van der Waals surface area contributed by atoms with Crippen molar-refractivity contribution in [3.05, 3.63) is 46.6 Å². The molecule has 3 aromatic rings. The molecule has 0 unspecified atom stereocenters. The Hall–Kier alpha value is -3.22. The first-order valence-corrected chi connectivity index (χ1v) is 10.8. The van der Waals surface area contributed by atoms with Crippen LogP contribution in [-0.4, -0.2) is 39.3 Å². The number of pyridine rings is 1. The number of aromatic nitrogens is 3. The molecule has 1 N–H and O–H groups in total. The number of nitrogens with zero attached hydrogens (tertiary/aromatic N) is 4. The first-order chi connectivity index (χ1) is 14.9. The minimum absolute atomic E-state index is 0.121. The van der Waals surface area contributed by atoms with Crippen LogP contribution in [0.25, 0.3) is 22.8 Å². The standard InChI is InChI=1S/C24H30N4O3/c1-6-17-13-18(11-15(4)20(17)9-10-22(29)30)23-26-24(31-27-23)19-12-16(5)25-21(14-19)28(7-2)8-3/h11-14H,6-10H2,1-5H3,(H,29,30). The van der Waals surface area contributed by atoms with E-state index in [0.29, 0.717) is 18.1 Å². The number of carboxylic acid groups (broad SMARTS) is 1. The highest BCUT2D eigenvalue weighted by atomic mass is 16.5. The lowest BCUT2D eigenvalue weighted by Gasteiger charge is -2.20. The Bertz CT molecular complexity index is 1070. The molecule has 0 aliphatic heterocycles. The van der Waals surface area contributed by atoms with Gasteiger partial charge in [-0.1, -0.05) is 12.1 Å². The van der Waals surface area contributed by atoms with E-state index in [-0.39, 0.29) is 6.42 Å². The predicted octanol–water partition coefficient (Wildman–Crippen LogP) is 4.84. The van der Waals surface area contributed by atoms with Crippen LogP contribution in [0.5, 0.6) is 0 Å². The monoisotopic (exact) mass is 422 g/mol. The van der Waals surface area contributed by atoms with Gasteiger partial charge in [-0.05, 0) is 81.5 Å². The minimum atomic E-state index is -0.787. The number of hydrogen-bond donors (Lipinski definition) is 1. The Morgan fingerprint density at radius 1 is 1.03 bits per heavy atom. The fourth-order valence-electron chi connectivity index (χ4n) is 3.87. The van der Waals surface area contributed by atoms with E-state index in [9.17, 15) is 4.79 Å². The predicted molar refractivity (Wildman–Crippen MR) is 121 cm³/mol. The van der Waals surface area contributed by atoms with Gasteiger partial charge in [0.25, 0.3) is 5.89 Å². The van der Waals surface area contributed by atoms with Gasteiger partial charge >= 0.3 is 5.97 Å². The van der Waals surface area contributed by atoms with E-state index in [2.05, 4.69) is 40.8 Å². The van der Waals surface area contributed by atoms with Gasteiger partial charge in [0.1, 0.15) is 5.82 Å². The maximum absolute atomic E-state index is 11.0. The van der Waals surface area contributed by atoms with Gasteiger partial charge in [0.05, 0.1) is 0 Å². The number of benzene rings is 1. The van der Waals surface area contributed by atoms with Crippen molar-refractivity contribution >= 4 is 11.8 Å². The van der Waals surface area contributed by atoms with E-state index in [1.165, 1.54) is 0 Å². The Kier molecular flexibility index (Phi) is 7.05. The van der Waals surface area contributed by atoms with Crippen molar-refractivity contribution in [2.45, 2.75) is 53.9 Å². The lowest BCUT2D eigenvalue weighted by atomic mass is 9.93. The SMILES string of the molecule is CCc1cc(-c2noc(-c3cc(C)nc(N(CC)CC)c3)n2)cc(C)c1CCC(=O)O. The molecule has 3 rings (SSSR count). The molecule has 164 valence electrons. The first kappa shape index (κ1) is 22.5. The normalized spacial score (nSPS) is 11.0. The van der Waals surface area contributed by atoms with Crippen molar-refractivity contribution in [3.63, 3.8) is 0 Å². The highest BCUT2D eigenvalue weighted by molar-refractivity contribution is 5.68. The average molecular weight is 423 g/mol. The topological polar surface area (TPSA) is 92.4 Å². The third-order valence-corrected chi connectivity index (χ3v) is 5.49. The zero-order valence-corrected chi connectivity index (χ0v) is 18.9. The third kappa shape index (κ3) is 5.10. The average Bonchev–Trinajstić information content (AvgIpc) is 3.23. The Morgan fingerprint density at radius 2 is 1.77 bits per heavy atom. The molecule has 0 bridgehead atoms. The van der Waals surface area contributed by atoms with Gasteiger partial charge in [-0.25, -0.2) is 4.98 Å². The summed E-state index contributed by atoms with van der Waals surface area (Å²) >= 11 is 0. The molecule has 2 aromatic heterocycles. The van der Waals surface area contributed by atoms with Crippen molar-refractivity contribution in [2.75, 3.05) is 18.0 Å². The van der Waals surface area contributed by atoms with E-state index < -0.39 is 5.97 Å². The highest BCUT2D eigenvalue weighted by Gasteiger charge is 2.16. The van der Waals surface area contributed by atoms with Gasteiger partial charge in [0, 0.05) is 36.3 Å². The molecule has 31 heavy (non-hydrogen) atoms. The van der Waals surface area contributed by atoms with Crippen molar-refractivity contribution in [1.29, 1.82) is 0 Å². The summed E-state index contributed by atoms with van der Waals surface area (Å²) in [4.78, 5) is 22.5. The van der Waals surface area contributed by atoms with E-state index in [4.69, 9.17) is 9.63 Å². The summed E-state index contributed by atoms with van der Waals surface area (Å²) in [5.41, 5.74) is 5.87. The van der Waals surface area contributed by atoms with E-state index in [1.807, 2.05) is 38.1 Å². The summed E-state index contributed by atoms with van der Waals surface area (Å²) in [6.45, 7) is 12.0. The van der Waals surface area contributed by atoms with Gasteiger partial charge < -0.3 is 14.5 Å². The first-order valence-electron chi connectivity index (χ1n) is 10.8. The Morgan fingerprint density at radius 3 is 2.42 bits per heavy atom. The molecule has 0 amide bonds. The fraction of sp³-hybridized carbons (Fsp3) is 0.417. The van der Waals surface area contributed by atoms with Crippen molar-refractivity contribution in [2.24, 2.45) is 0 Å². The second-order valence-corrected chi connectivity index (χ2v) is 7.63. The quantitative estimate of drug-likeness (QED) is 0.527. The number of rotatable bonds is 9. The lowest BCUT2D eigenvalue weighted by molar-refractivity contribution is -0.136. The highest BCUT2D eigenvalue weighted by Crippen LogP contribution is 2.29. The van der Waals surface area contributed by atoms with Crippen LogP contribution in [0.1, 0.15) is 49.6 Å². The number of aryl methyl sites for hydroxylation is 3. The van der Waals surface area contributed by atoms with E-state index >= 15 is 0 Å². The van der Waals surface area contributed by atoms with E-state index in [1.54, 1.807) is 0 Å². The van der Waals surface area contributed by atoms with Crippen molar-refractivity contribution < 1.29 is 14.4 Å². The number of carboxylic acids is 1. The van der Waals surface area contributed by atoms with Crippen LogP contribution < -0.4 is 4.90 Å². The molecule has 0 radical (unpaired) electrons. The van der Waals surface area contributed by atoms with Gasteiger partial charge in [-0.3, -0.25) is 4.79 Å². The molecule has 0 aliphatic carbocycles. The van der Waals surface area contributed by atoms with Crippen LogP contribution in [0, 0.1) is 13.8 Å². The maximum Gasteiger partial charge on any atom is 0.303 e. The molecule has 0 saturated heterocycles. The van der Waals surface area contributed by atoms with Crippen LogP contribution >= 0.6 is 0 Å². The zero-order valence-electron chi connectivity index (χ0n) is 18.9. The second kappa shape index (κ2) is 9.73. The molecule has 2 heterocycles. The summed E-state index contributed by atoms with van der Waals surface area (Å²) in [6.07, 6.45) is 1.45. The minimum Gasteiger partial charge on any atom is -0.481 e. The Labute approximate surface area is 183 Å². The summed E-state index contributed by atoms with van der Waals surface area (Å²) in [6, 6.07) is 7.97. The van der Waals surface area contributed by atoms with Crippen molar-refractivity contribution in [1.82, 2.24) is 15.1 Å².